The van der Waals surface area contributed by atoms with Crippen LogP contribution in [0.15, 0.2) is 12.1 Å². The summed E-state index contributed by atoms with van der Waals surface area (Å²) in [5, 5.41) is 0. The van der Waals surface area contributed by atoms with Crippen molar-refractivity contribution in [2.75, 3.05) is 13.6 Å². The molecule has 3 aromatic heterocycles. The van der Waals surface area contributed by atoms with Gasteiger partial charge < -0.3 is 4.90 Å². The first-order valence-electron chi connectivity index (χ1n) is 23.0. The molecule has 56 heavy (non-hydrogen) atoms. The smallest absolute Gasteiger partial charge is 0.255 e. The molecule has 1 aliphatic carbocycles. The molecule has 0 saturated carbocycles. The van der Waals surface area contributed by atoms with E-state index in [1.165, 1.54) is 134 Å². The highest BCUT2D eigenvalue weighted by atomic mass is 32.1. The Hall–Kier alpha value is -1.76. The first-order chi connectivity index (χ1) is 26.8. The molecular weight excluding hydrogens is 743 g/mol. The van der Waals surface area contributed by atoms with Crippen molar-refractivity contribution in [3.05, 3.63) is 44.1 Å². The van der Waals surface area contributed by atoms with Gasteiger partial charge >= 0.3 is 0 Å². The number of unbranched alkanes of at least 4 members (excludes halogenated alkanes) is 14. The second kappa shape index (κ2) is 23.1. The van der Waals surface area contributed by atoms with Gasteiger partial charge in [0.25, 0.3) is 5.91 Å². The van der Waals surface area contributed by atoms with Crippen LogP contribution in [0.1, 0.15) is 246 Å². The summed E-state index contributed by atoms with van der Waals surface area (Å²) >= 11 is 5.63. The van der Waals surface area contributed by atoms with E-state index in [2.05, 4.69) is 74.4 Å². The number of carbonyl (C=O) groups excluding carboxylic acids is 2. The third-order valence-corrected chi connectivity index (χ3v) is 16.9. The van der Waals surface area contributed by atoms with Gasteiger partial charge in [0, 0.05) is 49.0 Å². The van der Waals surface area contributed by atoms with E-state index >= 15 is 0 Å². The van der Waals surface area contributed by atoms with E-state index in [1.54, 1.807) is 16.9 Å². The zero-order valence-corrected chi connectivity index (χ0v) is 40.5. The first-order valence-corrected chi connectivity index (χ1v) is 25.4. The van der Waals surface area contributed by atoms with Crippen LogP contribution >= 0.6 is 34.0 Å². The number of carbonyl (C=O) groups is 2. The lowest BCUT2D eigenvalue weighted by molar-refractivity contribution is 0.0790. The first kappa shape index (κ1) is 48.6. The minimum absolute atomic E-state index is 0.00267. The summed E-state index contributed by atoms with van der Waals surface area (Å²) in [5.41, 5.74) is 4.23. The summed E-state index contributed by atoms with van der Waals surface area (Å²) in [6.07, 6.45) is 25.9. The van der Waals surface area contributed by atoms with E-state index in [-0.39, 0.29) is 22.2 Å². The van der Waals surface area contributed by atoms with E-state index in [1.807, 2.05) is 48.5 Å². The van der Waals surface area contributed by atoms with Crippen LogP contribution < -0.4 is 0 Å². The number of hydrogen-bond acceptors (Lipinski definition) is 5. The molecule has 4 rings (SSSR count). The minimum atomic E-state index is -0.242. The average Bonchev–Trinajstić information content (AvgIpc) is 3.96. The molecule has 0 unspecified atom stereocenters. The molecule has 316 valence electrons. The second-order valence-electron chi connectivity index (χ2n) is 18.1. The Bertz CT molecular complexity index is 1610. The van der Waals surface area contributed by atoms with E-state index in [0.717, 1.165) is 41.8 Å². The Labute approximate surface area is 356 Å². The molecular formula is C50H81NO2S3. The van der Waals surface area contributed by atoms with Gasteiger partial charge in [0.15, 0.2) is 6.29 Å². The van der Waals surface area contributed by atoms with Crippen LogP contribution in [0, 0.1) is 0 Å². The molecule has 0 N–H and O–H groups in total. The van der Waals surface area contributed by atoms with Crippen molar-refractivity contribution in [2.45, 2.75) is 221 Å². The Kier molecular flexibility index (Phi) is 20.1. The van der Waals surface area contributed by atoms with E-state index in [0.29, 0.717) is 11.1 Å². The summed E-state index contributed by atoms with van der Waals surface area (Å²) in [5.74, 6) is -0.00267. The SMILES string of the molecule is CC.CCCCCCCCC1(CCCCCCCC)c2cc(-c3sc(C(C)(C)C)c(C=O)c3C(=O)N(C)CCCCCCC)sc2-c2sc(C(C)(C)CC)cc21. The van der Waals surface area contributed by atoms with Gasteiger partial charge in [0.1, 0.15) is 0 Å². The molecule has 3 heterocycles. The highest BCUT2D eigenvalue weighted by molar-refractivity contribution is 7.27. The van der Waals surface area contributed by atoms with Crippen molar-refractivity contribution < 1.29 is 9.59 Å². The summed E-state index contributed by atoms with van der Waals surface area (Å²) in [6.45, 7) is 25.2. The van der Waals surface area contributed by atoms with Gasteiger partial charge in [-0.25, -0.2) is 0 Å². The predicted octanol–water partition coefficient (Wildman–Crippen LogP) is 17.2. The number of fused-ring (bicyclic) bond motifs is 3. The molecule has 1 aliphatic rings. The monoisotopic (exact) mass is 824 g/mol. The maximum absolute atomic E-state index is 14.5. The lowest BCUT2D eigenvalue weighted by atomic mass is 9.71. The largest absolute Gasteiger partial charge is 0.342 e. The lowest BCUT2D eigenvalue weighted by Gasteiger charge is -2.32. The number of hydrogen-bond donors (Lipinski definition) is 0. The van der Waals surface area contributed by atoms with Gasteiger partial charge in [0.05, 0.1) is 10.4 Å². The molecule has 0 spiro atoms. The molecule has 3 aromatic rings. The van der Waals surface area contributed by atoms with Crippen LogP contribution in [0.25, 0.3) is 19.5 Å². The second-order valence-corrected chi connectivity index (χ2v) is 21.2. The van der Waals surface area contributed by atoms with E-state index in [4.69, 9.17) is 0 Å². The molecule has 0 radical (unpaired) electrons. The Morgan fingerprint density at radius 3 is 1.64 bits per heavy atom. The average molecular weight is 824 g/mol. The van der Waals surface area contributed by atoms with Crippen LogP contribution in [-0.4, -0.2) is 30.7 Å². The zero-order chi connectivity index (χ0) is 41.5. The minimum Gasteiger partial charge on any atom is -0.342 e. The molecule has 0 atom stereocenters. The molecule has 0 saturated heterocycles. The van der Waals surface area contributed by atoms with Gasteiger partial charge in [-0.05, 0) is 59.8 Å². The van der Waals surface area contributed by atoms with Crippen LogP contribution in [0.2, 0.25) is 0 Å². The van der Waals surface area contributed by atoms with Gasteiger partial charge in [-0.1, -0.05) is 179 Å². The predicted molar refractivity (Wildman–Crippen MR) is 252 cm³/mol. The Morgan fingerprint density at radius 1 is 0.661 bits per heavy atom. The topological polar surface area (TPSA) is 37.4 Å². The molecule has 0 aromatic carbocycles. The number of aldehydes is 1. The standard InChI is InChI=1S/C48H75NO2S3.C2H6/c1-11-15-18-21-23-26-29-48(30-27-24-22-19-16-12-2)36-32-38(52-41(36)42-37(48)33-39(53-42)47(8,9)14-4)43-40(35(34-50)44(54-43)46(5,6)7)45(51)49(10)31-28-25-20-17-13-3;1-2/h32-34H,11-31H2,1-10H3;1-2H3. The van der Waals surface area contributed by atoms with Gasteiger partial charge in [0.2, 0.25) is 0 Å². The molecule has 0 bridgehead atoms. The van der Waals surface area contributed by atoms with Crippen LogP contribution in [0.3, 0.4) is 0 Å². The maximum Gasteiger partial charge on any atom is 0.255 e. The third kappa shape index (κ3) is 11.7. The summed E-state index contributed by atoms with van der Waals surface area (Å²) in [6, 6.07) is 5.13. The fraction of sp³-hybridized carbons (Fsp3) is 0.720. The van der Waals surface area contributed by atoms with Crippen LogP contribution in [0.4, 0.5) is 0 Å². The fourth-order valence-electron chi connectivity index (χ4n) is 8.42. The fourth-order valence-corrected chi connectivity index (χ4v) is 12.7. The van der Waals surface area contributed by atoms with E-state index < -0.39 is 0 Å². The van der Waals surface area contributed by atoms with Gasteiger partial charge in [-0.2, -0.15) is 0 Å². The molecule has 1 amide bonds. The molecule has 0 fully saturated rings. The lowest BCUT2D eigenvalue weighted by Crippen LogP contribution is -2.29. The molecule has 6 heteroatoms. The van der Waals surface area contributed by atoms with Crippen LogP contribution in [-0.2, 0) is 16.2 Å². The van der Waals surface area contributed by atoms with Crippen molar-refractivity contribution in [3.8, 4) is 19.5 Å². The molecule has 0 aliphatic heterocycles. The molecule has 3 nitrogen and oxygen atoms in total. The Morgan fingerprint density at radius 2 is 1.14 bits per heavy atom. The van der Waals surface area contributed by atoms with Gasteiger partial charge in [-0.3, -0.25) is 9.59 Å². The highest BCUT2D eigenvalue weighted by Crippen LogP contribution is 2.62. The highest BCUT2D eigenvalue weighted by Gasteiger charge is 2.46. The van der Waals surface area contributed by atoms with Gasteiger partial charge in [-0.15, -0.1) is 34.0 Å². The maximum atomic E-state index is 14.5. The van der Waals surface area contributed by atoms with Crippen molar-refractivity contribution in [1.29, 1.82) is 0 Å². The number of rotatable bonds is 25. The summed E-state index contributed by atoms with van der Waals surface area (Å²) < 4.78 is 0. The number of nitrogens with zero attached hydrogens (tertiary/aromatic N) is 1. The van der Waals surface area contributed by atoms with Crippen molar-refractivity contribution in [1.82, 2.24) is 4.90 Å². The van der Waals surface area contributed by atoms with Crippen LogP contribution in [0.5, 0.6) is 0 Å². The van der Waals surface area contributed by atoms with E-state index in [9.17, 15) is 9.59 Å². The summed E-state index contributed by atoms with van der Waals surface area (Å²) in [4.78, 5) is 37.0. The Balaban J connectivity index is 0.00000414. The van der Waals surface area contributed by atoms with Crippen molar-refractivity contribution in [2.24, 2.45) is 0 Å². The zero-order valence-electron chi connectivity index (χ0n) is 38.1. The van der Waals surface area contributed by atoms with Crippen molar-refractivity contribution >= 4 is 46.2 Å². The van der Waals surface area contributed by atoms with Crippen molar-refractivity contribution in [3.63, 3.8) is 0 Å². The number of thiophene rings is 3. The third-order valence-electron chi connectivity index (χ3n) is 12.3. The number of amides is 1. The normalized spacial score (nSPS) is 13.4. The summed E-state index contributed by atoms with van der Waals surface area (Å²) in [7, 11) is 1.93. The quantitative estimate of drug-likeness (QED) is 0.0630.